The van der Waals surface area contributed by atoms with Crippen molar-refractivity contribution in [2.45, 2.75) is 37.9 Å². The predicted molar refractivity (Wildman–Crippen MR) is 123 cm³/mol. The molecule has 0 radical (unpaired) electrons. The van der Waals surface area contributed by atoms with Gasteiger partial charge >= 0.3 is 0 Å². The van der Waals surface area contributed by atoms with Crippen molar-refractivity contribution in [3.63, 3.8) is 0 Å². The first-order chi connectivity index (χ1) is 14.3. The lowest BCUT2D eigenvalue weighted by molar-refractivity contribution is -0.112. The lowest BCUT2D eigenvalue weighted by Gasteiger charge is -2.24. The molecule has 0 spiro atoms. The molecule has 3 aromatic rings. The summed E-state index contributed by atoms with van der Waals surface area (Å²) in [4.78, 5) is 32.4. The van der Waals surface area contributed by atoms with E-state index in [1.807, 2.05) is 44.3 Å². The summed E-state index contributed by atoms with van der Waals surface area (Å²) in [5.41, 5.74) is 3.68. The van der Waals surface area contributed by atoms with Gasteiger partial charge in [0.2, 0.25) is 0 Å². The van der Waals surface area contributed by atoms with Crippen LogP contribution in [0.25, 0.3) is 10.9 Å². The number of carbonyl (C=O) groups is 1. The van der Waals surface area contributed by atoms with Gasteiger partial charge in [-0.1, -0.05) is 55.9 Å². The summed E-state index contributed by atoms with van der Waals surface area (Å²) in [5.74, 6) is 0.238. The Labute approximate surface area is 180 Å². The summed E-state index contributed by atoms with van der Waals surface area (Å²) >= 11 is 1.32. The van der Waals surface area contributed by atoms with Gasteiger partial charge < -0.3 is 4.90 Å². The molecule has 0 N–H and O–H groups in total. The molecule has 0 atom stereocenters. The molecule has 0 amide bonds. The number of allylic oxidation sites excluding steroid dienone is 2. The summed E-state index contributed by atoms with van der Waals surface area (Å²) in [6, 6.07) is 15.6. The Morgan fingerprint density at radius 1 is 1.13 bits per heavy atom. The molecule has 0 bridgehead atoms. The molecule has 1 aromatic heterocycles. The molecule has 2 heterocycles. The molecule has 0 aliphatic carbocycles. The SMILES string of the molecule is CCn1c(SCC(=O)C=C2N(C)c3ccccc3C2(C)C)nc2ccccc2c1=O. The third-order valence-electron chi connectivity index (χ3n) is 5.72. The van der Waals surface area contributed by atoms with Crippen LogP contribution in [0.2, 0.25) is 0 Å². The van der Waals surface area contributed by atoms with Crippen LogP contribution < -0.4 is 10.5 Å². The van der Waals surface area contributed by atoms with Gasteiger partial charge in [0.05, 0.1) is 16.7 Å². The minimum atomic E-state index is -0.238. The molecule has 0 unspecified atom stereocenters. The predicted octanol–water partition coefficient (Wildman–Crippen LogP) is 4.39. The van der Waals surface area contributed by atoms with E-state index in [-0.39, 0.29) is 22.5 Å². The number of fused-ring (bicyclic) bond motifs is 2. The number of hydrogen-bond acceptors (Lipinski definition) is 5. The van der Waals surface area contributed by atoms with Crippen molar-refractivity contribution in [2.24, 2.45) is 0 Å². The fraction of sp³-hybridized carbons (Fsp3) is 0.292. The first-order valence-electron chi connectivity index (χ1n) is 10.0. The highest BCUT2D eigenvalue weighted by atomic mass is 32.2. The summed E-state index contributed by atoms with van der Waals surface area (Å²) in [7, 11) is 2.00. The van der Waals surface area contributed by atoms with E-state index in [9.17, 15) is 9.59 Å². The standard InChI is InChI=1S/C24H25N3O2S/c1-5-27-22(29)17-10-6-8-12-19(17)25-23(27)30-15-16(28)14-21-24(2,3)18-11-7-9-13-20(18)26(21)4/h6-14H,5,15H2,1-4H3. The van der Waals surface area contributed by atoms with E-state index in [1.54, 1.807) is 16.7 Å². The molecule has 6 heteroatoms. The Morgan fingerprint density at radius 2 is 1.83 bits per heavy atom. The highest BCUT2D eigenvalue weighted by Crippen LogP contribution is 2.46. The quantitative estimate of drug-likeness (QED) is 0.349. The van der Waals surface area contributed by atoms with Crippen LogP contribution in [-0.2, 0) is 16.8 Å². The van der Waals surface area contributed by atoms with Crippen LogP contribution in [0.4, 0.5) is 5.69 Å². The normalized spacial score (nSPS) is 16.3. The molecule has 4 rings (SSSR count). The Morgan fingerprint density at radius 3 is 2.57 bits per heavy atom. The molecule has 1 aliphatic rings. The van der Waals surface area contributed by atoms with E-state index < -0.39 is 0 Å². The molecule has 30 heavy (non-hydrogen) atoms. The third kappa shape index (κ3) is 3.35. The molecule has 0 saturated carbocycles. The summed E-state index contributed by atoms with van der Waals surface area (Å²) in [6.45, 7) is 6.71. The number of rotatable bonds is 5. The Hall–Kier alpha value is -2.86. The van der Waals surface area contributed by atoms with Gasteiger partial charge in [0.25, 0.3) is 5.56 Å². The minimum Gasteiger partial charge on any atom is -0.347 e. The van der Waals surface area contributed by atoms with Crippen molar-refractivity contribution in [3.05, 3.63) is 76.2 Å². The zero-order valence-corrected chi connectivity index (χ0v) is 18.5. The van der Waals surface area contributed by atoms with Gasteiger partial charge in [-0.25, -0.2) is 4.98 Å². The lowest BCUT2D eigenvalue weighted by Crippen LogP contribution is -2.24. The number of ketones is 1. The lowest BCUT2D eigenvalue weighted by atomic mass is 9.83. The fourth-order valence-electron chi connectivity index (χ4n) is 4.13. The Bertz CT molecular complexity index is 1230. The smallest absolute Gasteiger partial charge is 0.262 e. The maximum absolute atomic E-state index is 12.9. The Balaban J connectivity index is 1.60. The van der Waals surface area contributed by atoms with Crippen LogP contribution in [0, 0.1) is 0 Å². The van der Waals surface area contributed by atoms with Crippen molar-refractivity contribution in [3.8, 4) is 0 Å². The molecule has 5 nitrogen and oxygen atoms in total. The van der Waals surface area contributed by atoms with Crippen molar-refractivity contribution in [1.29, 1.82) is 0 Å². The number of para-hydroxylation sites is 2. The van der Waals surface area contributed by atoms with E-state index in [0.29, 0.717) is 22.6 Å². The number of likely N-dealkylation sites (N-methyl/N-ethyl adjacent to an activating group) is 1. The van der Waals surface area contributed by atoms with Gasteiger partial charge in [-0.15, -0.1) is 0 Å². The van der Waals surface area contributed by atoms with Gasteiger partial charge in [-0.05, 0) is 30.7 Å². The number of anilines is 1. The number of nitrogens with zero attached hydrogens (tertiary/aromatic N) is 3. The van der Waals surface area contributed by atoms with Crippen molar-refractivity contribution in [2.75, 3.05) is 17.7 Å². The number of carbonyl (C=O) groups excluding carboxylic acids is 1. The maximum atomic E-state index is 12.9. The number of hydrogen-bond donors (Lipinski definition) is 0. The average Bonchev–Trinajstić information content (AvgIpc) is 2.93. The van der Waals surface area contributed by atoms with Crippen molar-refractivity contribution < 1.29 is 4.79 Å². The van der Waals surface area contributed by atoms with Crippen LogP contribution >= 0.6 is 11.8 Å². The molecule has 0 saturated heterocycles. The van der Waals surface area contributed by atoms with Crippen LogP contribution in [0.15, 0.2) is 70.3 Å². The van der Waals surface area contributed by atoms with E-state index in [1.165, 1.54) is 17.3 Å². The van der Waals surface area contributed by atoms with Crippen LogP contribution in [0.1, 0.15) is 26.3 Å². The van der Waals surface area contributed by atoms with Gasteiger partial charge in [-0.3, -0.25) is 14.2 Å². The van der Waals surface area contributed by atoms with Gasteiger partial charge in [-0.2, -0.15) is 0 Å². The van der Waals surface area contributed by atoms with Crippen molar-refractivity contribution >= 4 is 34.1 Å². The molecule has 1 aliphatic heterocycles. The third-order valence-corrected chi connectivity index (χ3v) is 6.72. The second kappa shape index (κ2) is 7.76. The zero-order chi connectivity index (χ0) is 21.5. The van der Waals surface area contributed by atoms with Crippen LogP contribution in [0.3, 0.4) is 0 Å². The fourth-order valence-corrected chi connectivity index (χ4v) is 5.01. The first kappa shape index (κ1) is 20.4. The number of benzene rings is 2. The second-order valence-electron chi connectivity index (χ2n) is 7.95. The first-order valence-corrected chi connectivity index (χ1v) is 11.0. The Kier molecular flexibility index (Phi) is 5.28. The average molecular weight is 420 g/mol. The van der Waals surface area contributed by atoms with Crippen molar-refractivity contribution in [1.82, 2.24) is 9.55 Å². The monoisotopic (exact) mass is 419 g/mol. The zero-order valence-electron chi connectivity index (χ0n) is 17.7. The van der Waals surface area contributed by atoms with Gasteiger partial charge in [0.15, 0.2) is 10.9 Å². The molecule has 2 aromatic carbocycles. The van der Waals surface area contributed by atoms with Crippen LogP contribution in [0.5, 0.6) is 0 Å². The maximum Gasteiger partial charge on any atom is 0.262 e. The van der Waals surface area contributed by atoms with E-state index >= 15 is 0 Å². The summed E-state index contributed by atoms with van der Waals surface area (Å²) in [5, 5.41) is 1.18. The van der Waals surface area contributed by atoms with E-state index in [2.05, 4.69) is 35.9 Å². The number of aromatic nitrogens is 2. The largest absolute Gasteiger partial charge is 0.347 e. The van der Waals surface area contributed by atoms with Gasteiger partial charge in [0.1, 0.15) is 0 Å². The topological polar surface area (TPSA) is 55.2 Å². The number of thioether (sulfide) groups is 1. The van der Waals surface area contributed by atoms with Gasteiger partial charge in [0, 0.05) is 36.5 Å². The summed E-state index contributed by atoms with van der Waals surface area (Å²) in [6.07, 6.45) is 1.74. The highest BCUT2D eigenvalue weighted by molar-refractivity contribution is 7.99. The minimum absolute atomic E-state index is 0.00721. The second-order valence-corrected chi connectivity index (χ2v) is 8.89. The highest BCUT2D eigenvalue weighted by Gasteiger charge is 2.38. The van der Waals surface area contributed by atoms with Crippen LogP contribution in [-0.4, -0.2) is 28.1 Å². The molecular formula is C24H25N3O2S. The molecular weight excluding hydrogens is 394 g/mol. The summed E-state index contributed by atoms with van der Waals surface area (Å²) < 4.78 is 1.63. The van der Waals surface area contributed by atoms with E-state index in [4.69, 9.17) is 0 Å². The van der Waals surface area contributed by atoms with E-state index in [0.717, 1.165) is 11.4 Å². The molecule has 0 fully saturated rings. The molecule has 154 valence electrons.